The van der Waals surface area contributed by atoms with Crippen molar-refractivity contribution in [3.05, 3.63) is 18.5 Å². The van der Waals surface area contributed by atoms with Crippen LogP contribution in [0.2, 0.25) is 0 Å². The molecule has 0 aliphatic carbocycles. The minimum Gasteiger partial charge on any atom is -0.394 e. The van der Waals surface area contributed by atoms with E-state index in [0.29, 0.717) is 18.3 Å². The van der Waals surface area contributed by atoms with Gasteiger partial charge in [-0.05, 0) is 19.4 Å². The van der Waals surface area contributed by atoms with Crippen LogP contribution in [0.5, 0.6) is 0 Å². The molecule has 20 heavy (non-hydrogen) atoms. The highest BCUT2D eigenvalue weighted by Crippen LogP contribution is 2.16. The zero-order valence-corrected chi connectivity index (χ0v) is 11.4. The van der Waals surface area contributed by atoms with Gasteiger partial charge in [-0.25, -0.2) is 10.5 Å². The molecule has 2 aromatic heterocycles. The zero-order valence-electron chi connectivity index (χ0n) is 11.4. The van der Waals surface area contributed by atoms with Crippen LogP contribution in [0.4, 0.5) is 11.9 Å². The molecule has 0 saturated carbocycles. The summed E-state index contributed by atoms with van der Waals surface area (Å²) in [7, 11) is 0. The van der Waals surface area contributed by atoms with Crippen LogP contribution in [-0.4, -0.2) is 42.0 Å². The lowest BCUT2D eigenvalue weighted by Crippen LogP contribution is -2.39. The van der Waals surface area contributed by atoms with E-state index in [2.05, 4.69) is 30.8 Å². The van der Waals surface area contributed by atoms with Gasteiger partial charge in [0, 0.05) is 12.4 Å². The van der Waals surface area contributed by atoms with Crippen molar-refractivity contribution in [3.8, 4) is 5.95 Å². The van der Waals surface area contributed by atoms with Gasteiger partial charge >= 0.3 is 0 Å². The summed E-state index contributed by atoms with van der Waals surface area (Å²) in [6.45, 7) is 3.79. The van der Waals surface area contributed by atoms with Crippen LogP contribution in [-0.2, 0) is 0 Å². The van der Waals surface area contributed by atoms with Crippen molar-refractivity contribution in [2.45, 2.75) is 25.8 Å². The molecule has 1 atom stereocenters. The summed E-state index contributed by atoms with van der Waals surface area (Å²) < 4.78 is 1.50. The quantitative estimate of drug-likeness (QED) is 0.426. The number of aromatic nitrogens is 5. The molecule has 0 spiro atoms. The number of hydrogen-bond donors (Lipinski definition) is 4. The van der Waals surface area contributed by atoms with Gasteiger partial charge in [0.05, 0.1) is 12.1 Å². The Morgan fingerprint density at radius 1 is 1.35 bits per heavy atom. The number of rotatable bonds is 6. The number of nitrogens with zero attached hydrogens (tertiary/aromatic N) is 5. The largest absolute Gasteiger partial charge is 0.394 e. The van der Waals surface area contributed by atoms with E-state index in [9.17, 15) is 5.11 Å². The normalized spacial score (nSPS) is 13.8. The summed E-state index contributed by atoms with van der Waals surface area (Å²) in [6, 6.07) is 1.76. The number of anilines is 2. The molecule has 2 rings (SSSR count). The van der Waals surface area contributed by atoms with E-state index >= 15 is 0 Å². The average molecular weight is 278 g/mol. The van der Waals surface area contributed by atoms with Gasteiger partial charge < -0.3 is 10.4 Å². The van der Waals surface area contributed by atoms with E-state index in [4.69, 9.17) is 5.84 Å². The number of aliphatic hydroxyl groups is 1. The summed E-state index contributed by atoms with van der Waals surface area (Å²) in [5.41, 5.74) is 1.87. The van der Waals surface area contributed by atoms with Crippen molar-refractivity contribution in [1.82, 2.24) is 24.7 Å². The van der Waals surface area contributed by atoms with Crippen LogP contribution in [0.25, 0.3) is 5.95 Å². The first-order chi connectivity index (χ1) is 9.60. The predicted molar refractivity (Wildman–Crippen MR) is 74.2 cm³/mol. The third-order valence-corrected chi connectivity index (χ3v) is 3.00. The van der Waals surface area contributed by atoms with E-state index in [1.807, 2.05) is 13.8 Å². The third kappa shape index (κ3) is 3.00. The fourth-order valence-electron chi connectivity index (χ4n) is 1.48. The molecule has 108 valence electrons. The van der Waals surface area contributed by atoms with E-state index in [0.717, 1.165) is 0 Å². The zero-order chi connectivity index (χ0) is 14.6. The molecule has 9 nitrogen and oxygen atoms in total. The van der Waals surface area contributed by atoms with Crippen LogP contribution < -0.4 is 16.6 Å². The van der Waals surface area contributed by atoms with E-state index in [-0.39, 0.29) is 12.6 Å². The first-order valence-electron chi connectivity index (χ1n) is 6.22. The second-order valence-electron chi connectivity index (χ2n) is 4.57. The van der Waals surface area contributed by atoms with Crippen LogP contribution in [0.15, 0.2) is 18.5 Å². The minimum absolute atomic E-state index is 0.0440. The Kier molecular flexibility index (Phi) is 4.11. The van der Waals surface area contributed by atoms with Crippen molar-refractivity contribution >= 4 is 11.9 Å². The minimum atomic E-state index is -0.519. The molecular formula is C11H18N8O. The number of nitrogens with two attached hydrogens (primary N) is 1. The molecule has 0 aliphatic heterocycles. The van der Waals surface area contributed by atoms with Gasteiger partial charge in [0.15, 0.2) is 0 Å². The number of hydrazine groups is 1. The lowest BCUT2D eigenvalue weighted by Gasteiger charge is -2.27. The van der Waals surface area contributed by atoms with Gasteiger partial charge in [0.2, 0.25) is 11.9 Å². The second kappa shape index (κ2) is 5.80. The van der Waals surface area contributed by atoms with Gasteiger partial charge in [-0.1, -0.05) is 6.92 Å². The van der Waals surface area contributed by atoms with Gasteiger partial charge in [-0.2, -0.15) is 20.1 Å². The Hall–Kier alpha value is -2.26. The Morgan fingerprint density at radius 2 is 2.10 bits per heavy atom. The molecule has 0 fully saturated rings. The topological polar surface area (TPSA) is 127 Å². The Bertz CT molecular complexity index is 552. The Morgan fingerprint density at radius 3 is 2.65 bits per heavy atom. The Labute approximate surface area is 116 Å². The molecule has 2 aromatic rings. The Balaban J connectivity index is 2.36. The molecule has 5 N–H and O–H groups in total. The monoisotopic (exact) mass is 278 g/mol. The maximum Gasteiger partial charge on any atom is 0.257 e. The highest BCUT2D eigenvalue weighted by atomic mass is 16.3. The van der Waals surface area contributed by atoms with Crippen molar-refractivity contribution in [2.75, 3.05) is 17.3 Å². The van der Waals surface area contributed by atoms with Crippen LogP contribution >= 0.6 is 0 Å². The van der Waals surface area contributed by atoms with Crippen LogP contribution in [0.3, 0.4) is 0 Å². The lowest BCUT2D eigenvalue weighted by atomic mass is 10.0. The smallest absolute Gasteiger partial charge is 0.257 e. The highest BCUT2D eigenvalue weighted by Gasteiger charge is 2.22. The van der Waals surface area contributed by atoms with Gasteiger partial charge in [0.1, 0.15) is 0 Å². The second-order valence-corrected chi connectivity index (χ2v) is 4.57. The molecule has 2 heterocycles. The molecule has 9 heteroatoms. The molecule has 0 amide bonds. The van der Waals surface area contributed by atoms with Crippen molar-refractivity contribution in [2.24, 2.45) is 5.84 Å². The van der Waals surface area contributed by atoms with Crippen LogP contribution in [0.1, 0.15) is 20.3 Å². The van der Waals surface area contributed by atoms with Crippen molar-refractivity contribution in [3.63, 3.8) is 0 Å². The highest BCUT2D eigenvalue weighted by molar-refractivity contribution is 5.38. The first-order valence-corrected chi connectivity index (χ1v) is 6.22. The SMILES string of the molecule is CCC(C)(CO)Nc1nc(NN)nc(-n2cccn2)n1. The van der Waals surface area contributed by atoms with Gasteiger partial charge in [-0.15, -0.1) is 0 Å². The summed E-state index contributed by atoms with van der Waals surface area (Å²) in [6.07, 6.45) is 4.04. The fourth-order valence-corrected chi connectivity index (χ4v) is 1.48. The van der Waals surface area contributed by atoms with Gasteiger partial charge in [-0.3, -0.25) is 5.43 Å². The standard InChI is InChI=1S/C11H18N8O/c1-3-11(2,7-20)17-8-14-9(18-12)16-10(15-8)19-6-4-5-13-19/h4-6,20H,3,7,12H2,1-2H3,(H2,14,15,16,17,18). The number of nitrogens with one attached hydrogen (secondary N) is 2. The molecule has 0 aliphatic rings. The number of hydrogen-bond acceptors (Lipinski definition) is 8. The maximum absolute atomic E-state index is 9.43. The number of nitrogen functional groups attached to an aromatic ring is 1. The first kappa shape index (κ1) is 14.2. The van der Waals surface area contributed by atoms with E-state index in [1.54, 1.807) is 18.5 Å². The molecule has 0 bridgehead atoms. The van der Waals surface area contributed by atoms with Crippen molar-refractivity contribution in [1.29, 1.82) is 0 Å². The summed E-state index contributed by atoms with van der Waals surface area (Å²) in [5.74, 6) is 6.22. The fraction of sp³-hybridized carbons (Fsp3) is 0.455. The predicted octanol–water partition coefficient (Wildman–Crippen LogP) is -0.0842. The molecule has 1 unspecified atom stereocenters. The summed E-state index contributed by atoms with van der Waals surface area (Å²) in [5, 5.41) is 16.6. The van der Waals surface area contributed by atoms with Gasteiger partial charge in [0.25, 0.3) is 5.95 Å². The molecule has 0 radical (unpaired) electrons. The van der Waals surface area contributed by atoms with Crippen LogP contribution in [0, 0.1) is 0 Å². The van der Waals surface area contributed by atoms with E-state index < -0.39 is 5.54 Å². The summed E-state index contributed by atoms with van der Waals surface area (Å²) in [4.78, 5) is 12.5. The number of aliphatic hydroxyl groups excluding tert-OH is 1. The van der Waals surface area contributed by atoms with Crippen molar-refractivity contribution < 1.29 is 5.11 Å². The molecular weight excluding hydrogens is 260 g/mol. The molecule has 0 aromatic carbocycles. The molecule has 0 saturated heterocycles. The maximum atomic E-state index is 9.43. The summed E-state index contributed by atoms with van der Waals surface area (Å²) >= 11 is 0. The van der Waals surface area contributed by atoms with E-state index in [1.165, 1.54) is 4.68 Å². The average Bonchev–Trinajstić information content (AvgIpc) is 3.01. The third-order valence-electron chi connectivity index (χ3n) is 3.00. The lowest BCUT2D eigenvalue weighted by molar-refractivity contribution is 0.218.